The average molecular weight is 415 g/mol. The summed E-state index contributed by atoms with van der Waals surface area (Å²) in [5.41, 5.74) is 3.19. The lowest BCUT2D eigenvalue weighted by Crippen LogP contribution is -1.93. The molecule has 0 saturated heterocycles. The second-order valence-electron chi connectivity index (χ2n) is 3.70. The zero-order valence-corrected chi connectivity index (χ0v) is 14.3. The van der Waals surface area contributed by atoms with Crippen LogP contribution in [0.15, 0.2) is 31.8 Å². The third-order valence-corrected chi connectivity index (χ3v) is 5.40. The van der Waals surface area contributed by atoms with Gasteiger partial charge in [-0.3, -0.25) is 0 Å². The van der Waals surface area contributed by atoms with Gasteiger partial charge in [0.05, 0.1) is 12.9 Å². The molecule has 2 rings (SSSR count). The van der Waals surface area contributed by atoms with Crippen LogP contribution in [-0.2, 0) is 0 Å². The number of rotatable bonds is 2. The van der Waals surface area contributed by atoms with Crippen LogP contribution < -0.4 is 0 Å². The Morgan fingerprint density at radius 1 is 1.18 bits per heavy atom. The number of hydrogen-bond donors (Lipinski definition) is 0. The highest BCUT2D eigenvalue weighted by Crippen LogP contribution is 2.41. The molecule has 0 aliphatic rings. The first-order chi connectivity index (χ1) is 7.97. The van der Waals surface area contributed by atoms with Crippen LogP contribution in [0, 0.1) is 6.92 Å². The Balaban J connectivity index is 2.43. The third kappa shape index (κ3) is 3.27. The van der Waals surface area contributed by atoms with Crippen LogP contribution in [0.2, 0.25) is 5.02 Å². The third-order valence-electron chi connectivity index (χ3n) is 2.31. The highest BCUT2D eigenvalue weighted by Gasteiger charge is 2.17. The van der Waals surface area contributed by atoms with Gasteiger partial charge >= 0.3 is 0 Å². The van der Waals surface area contributed by atoms with Gasteiger partial charge in [0.15, 0.2) is 0 Å². The van der Waals surface area contributed by atoms with Gasteiger partial charge in [0.2, 0.25) is 0 Å². The Morgan fingerprint density at radius 2 is 1.88 bits per heavy atom. The van der Waals surface area contributed by atoms with Crippen LogP contribution >= 0.6 is 66.4 Å². The lowest BCUT2D eigenvalue weighted by atomic mass is 10.1. The summed E-state index contributed by atoms with van der Waals surface area (Å²) in [4.78, 5) is 0. The van der Waals surface area contributed by atoms with Crippen LogP contribution in [0.3, 0.4) is 0 Å². The molecule has 1 atom stereocenters. The van der Waals surface area contributed by atoms with Gasteiger partial charge in [0.1, 0.15) is 0 Å². The van der Waals surface area contributed by atoms with E-state index in [4.69, 9.17) is 23.2 Å². The van der Waals surface area contributed by atoms with E-state index in [9.17, 15) is 0 Å². The van der Waals surface area contributed by atoms with E-state index in [0.717, 1.165) is 29.3 Å². The second-order valence-corrected chi connectivity index (χ2v) is 8.33. The van der Waals surface area contributed by atoms with E-state index >= 15 is 0 Å². The summed E-state index contributed by atoms with van der Waals surface area (Å²) in [7, 11) is 0. The minimum Gasteiger partial charge on any atom is -0.121 e. The molecule has 1 aromatic carbocycles. The predicted octanol–water partition coefficient (Wildman–Crippen LogP) is 6.56. The largest absolute Gasteiger partial charge is 0.121 e. The molecule has 0 saturated carbocycles. The molecule has 0 aliphatic heterocycles. The lowest BCUT2D eigenvalue weighted by molar-refractivity contribution is 1.14. The van der Waals surface area contributed by atoms with Crippen molar-refractivity contribution in [3.8, 4) is 0 Å². The number of alkyl halides is 1. The van der Waals surface area contributed by atoms with Crippen molar-refractivity contribution >= 4 is 66.4 Å². The highest BCUT2D eigenvalue weighted by atomic mass is 79.9. The smallest absolute Gasteiger partial charge is 0.0855 e. The molecular weight excluding hydrogens is 407 g/mol. The standard InChI is InChI=1S/C12H8Br2Cl2S/c1-6-2-7(4-8(15)3-6)11(16)9-5-10(13)17-12(9)14/h2-5,11H,1H3. The fourth-order valence-electron chi connectivity index (χ4n) is 1.62. The highest BCUT2D eigenvalue weighted by molar-refractivity contribution is 9.12. The molecule has 0 bridgehead atoms. The first-order valence-electron chi connectivity index (χ1n) is 4.83. The Morgan fingerprint density at radius 3 is 2.41 bits per heavy atom. The predicted molar refractivity (Wildman–Crippen MR) is 83.6 cm³/mol. The van der Waals surface area contributed by atoms with E-state index < -0.39 is 0 Å². The number of aryl methyl sites for hydroxylation is 1. The van der Waals surface area contributed by atoms with Gasteiger partial charge in [-0.15, -0.1) is 22.9 Å². The SMILES string of the molecule is Cc1cc(Cl)cc(C(Cl)c2cc(Br)sc2Br)c1. The summed E-state index contributed by atoms with van der Waals surface area (Å²) >= 11 is 21.1. The molecule has 2 aromatic rings. The van der Waals surface area contributed by atoms with E-state index in [1.807, 2.05) is 25.1 Å². The summed E-state index contributed by atoms with van der Waals surface area (Å²) in [6, 6.07) is 7.92. The molecule has 0 fully saturated rings. The summed E-state index contributed by atoms with van der Waals surface area (Å²) in [6.45, 7) is 2.01. The molecule has 0 spiro atoms. The molecule has 17 heavy (non-hydrogen) atoms. The quantitative estimate of drug-likeness (QED) is 0.488. The van der Waals surface area contributed by atoms with Gasteiger partial charge in [0, 0.05) is 10.6 Å². The van der Waals surface area contributed by atoms with Crippen LogP contribution in [0.4, 0.5) is 0 Å². The molecule has 0 aliphatic carbocycles. The van der Waals surface area contributed by atoms with Crippen LogP contribution in [0.5, 0.6) is 0 Å². The van der Waals surface area contributed by atoms with E-state index in [-0.39, 0.29) is 5.38 Å². The van der Waals surface area contributed by atoms with Gasteiger partial charge in [-0.1, -0.05) is 17.7 Å². The van der Waals surface area contributed by atoms with Crippen LogP contribution in [-0.4, -0.2) is 0 Å². The minimum atomic E-state index is -0.190. The number of benzene rings is 1. The van der Waals surface area contributed by atoms with Crippen LogP contribution in [0.25, 0.3) is 0 Å². The molecule has 5 heteroatoms. The summed E-state index contributed by atoms with van der Waals surface area (Å²) in [6.07, 6.45) is 0. The molecule has 0 radical (unpaired) electrons. The summed E-state index contributed by atoms with van der Waals surface area (Å²) in [5, 5.41) is 0.528. The molecule has 1 heterocycles. The Hall–Kier alpha value is 0.460. The van der Waals surface area contributed by atoms with Gasteiger partial charge < -0.3 is 0 Å². The first-order valence-corrected chi connectivity index (χ1v) is 8.05. The fourth-order valence-corrected chi connectivity index (χ4v) is 5.31. The molecule has 1 unspecified atom stereocenters. The molecule has 0 nitrogen and oxygen atoms in total. The van der Waals surface area contributed by atoms with Crippen molar-refractivity contribution in [3.05, 3.63) is 53.6 Å². The van der Waals surface area contributed by atoms with Gasteiger partial charge in [-0.05, 0) is 68.1 Å². The van der Waals surface area contributed by atoms with Gasteiger partial charge in [-0.25, -0.2) is 0 Å². The Labute approximate surface area is 131 Å². The normalized spacial score (nSPS) is 12.8. The zero-order chi connectivity index (χ0) is 12.6. The summed E-state index contributed by atoms with van der Waals surface area (Å²) in [5.74, 6) is 0. The molecule has 1 aromatic heterocycles. The maximum atomic E-state index is 6.49. The van der Waals surface area contributed by atoms with Crippen LogP contribution in [0.1, 0.15) is 22.1 Å². The lowest BCUT2D eigenvalue weighted by Gasteiger charge is -2.10. The molecule has 90 valence electrons. The van der Waals surface area contributed by atoms with E-state index in [1.165, 1.54) is 0 Å². The van der Waals surface area contributed by atoms with Crippen molar-refractivity contribution in [2.24, 2.45) is 0 Å². The number of thiophene rings is 1. The Kier molecular flexibility index (Phi) is 4.59. The second kappa shape index (κ2) is 5.62. The van der Waals surface area contributed by atoms with Crippen molar-refractivity contribution in [1.82, 2.24) is 0 Å². The van der Waals surface area contributed by atoms with Crippen molar-refractivity contribution in [2.45, 2.75) is 12.3 Å². The average Bonchev–Trinajstić information content (AvgIpc) is 2.55. The van der Waals surface area contributed by atoms with E-state index in [1.54, 1.807) is 11.3 Å². The number of halogens is 4. The Bertz CT molecular complexity index is 531. The van der Waals surface area contributed by atoms with Crippen molar-refractivity contribution in [1.29, 1.82) is 0 Å². The molecule has 0 amide bonds. The summed E-state index contributed by atoms with van der Waals surface area (Å²) < 4.78 is 2.10. The van der Waals surface area contributed by atoms with E-state index in [0.29, 0.717) is 0 Å². The monoisotopic (exact) mass is 412 g/mol. The maximum Gasteiger partial charge on any atom is 0.0855 e. The first kappa shape index (κ1) is 13.9. The van der Waals surface area contributed by atoms with Crippen molar-refractivity contribution in [3.63, 3.8) is 0 Å². The van der Waals surface area contributed by atoms with Gasteiger partial charge in [-0.2, -0.15) is 0 Å². The topological polar surface area (TPSA) is 0 Å². The minimum absolute atomic E-state index is 0.190. The molecule has 0 N–H and O–H groups in total. The van der Waals surface area contributed by atoms with Gasteiger partial charge in [0.25, 0.3) is 0 Å². The molecular formula is C12H8Br2Cl2S. The van der Waals surface area contributed by atoms with E-state index in [2.05, 4.69) is 37.9 Å². The zero-order valence-electron chi connectivity index (χ0n) is 8.81. The number of hydrogen-bond acceptors (Lipinski definition) is 1. The van der Waals surface area contributed by atoms with Crippen molar-refractivity contribution < 1.29 is 0 Å². The van der Waals surface area contributed by atoms with Crippen molar-refractivity contribution in [2.75, 3.05) is 0 Å². The maximum absolute atomic E-state index is 6.49. The fraction of sp³-hybridized carbons (Fsp3) is 0.167.